The summed E-state index contributed by atoms with van der Waals surface area (Å²) in [6, 6.07) is 10.1. The van der Waals surface area contributed by atoms with Gasteiger partial charge in [-0.3, -0.25) is 0 Å². The molecule has 1 aromatic carbocycles. The van der Waals surface area contributed by atoms with Crippen LogP contribution in [-0.2, 0) is 16.1 Å². The first-order chi connectivity index (χ1) is 7.38. The maximum atomic E-state index is 5.64. The van der Waals surface area contributed by atoms with Crippen LogP contribution in [0, 0.1) is 0 Å². The zero-order valence-electron chi connectivity index (χ0n) is 8.76. The van der Waals surface area contributed by atoms with E-state index in [4.69, 9.17) is 15.2 Å². The van der Waals surface area contributed by atoms with Crippen LogP contribution in [0.5, 0.6) is 0 Å². The summed E-state index contributed by atoms with van der Waals surface area (Å²) < 4.78 is 11.2. The van der Waals surface area contributed by atoms with Gasteiger partial charge in [-0.2, -0.15) is 0 Å². The van der Waals surface area contributed by atoms with Crippen molar-refractivity contribution < 1.29 is 9.47 Å². The van der Waals surface area contributed by atoms with Crippen molar-refractivity contribution in [2.75, 3.05) is 6.54 Å². The molecule has 0 bridgehead atoms. The summed E-state index contributed by atoms with van der Waals surface area (Å²) in [5, 5.41) is 0. The summed E-state index contributed by atoms with van der Waals surface area (Å²) in [6.07, 6.45) is 2.08. The smallest absolute Gasteiger partial charge is 0.158 e. The van der Waals surface area contributed by atoms with Crippen LogP contribution in [0.4, 0.5) is 0 Å². The van der Waals surface area contributed by atoms with Crippen molar-refractivity contribution >= 4 is 0 Å². The molecular formula is C12H17NO2. The van der Waals surface area contributed by atoms with Gasteiger partial charge in [0, 0.05) is 13.0 Å². The Morgan fingerprint density at radius 2 is 2.07 bits per heavy atom. The predicted molar refractivity (Wildman–Crippen MR) is 58.2 cm³/mol. The highest BCUT2D eigenvalue weighted by Crippen LogP contribution is 2.20. The van der Waals surface area contributed by atoms with Gasteiger partial charge in [0.2, 0.25) is 0 Å². The van der Waals surface area contributed by atoms with Crippen LogP contribution in [0.3, 0.4) is 0 Å². The van der Waals surface area contributed by atoms with Crippen LogP contribution >= 0.6 is 0 Å². The maximum Gasteiger partial charge on any atom is 0.158 e. The van der Waals surface area contributed by atoms with Gasteiger partial charge < -0.3 is 15.2 Å². The van der Waals surface area contributed by atoms with Crippen molar-refractivity contribution in [2.24, 2.45) is 5.73 Å². The average Bonchev–Trinajstić information content (AvgIpc) is 2.76. The van der Waals surface area contributed by atoms with E-state index in [0.717, 1.165) is 12.8 Å². The zero-order valence-corrected chi connectivity index (χ0v) is 8.76. The number of hydrogen-bond acceptors (Lipinski definition) is 3. The van der Waals surface area contributed by atoms with Crippen molar-refractivity contribution in [1.82, 2.24) is 0 Å². The number of ether oxygens (including phenoxy) is 2. The SMILES string of the molecule is NCC1CCC(OCc2ccccc2)O1. The molecule has 1 saturated heterocycles. The normalized spacial score (nSPS) is 25.7. The Hall–Kier alpha value is -0.900. The fourth-order valence-electron chi connectivity index (χ4n) is 1.73. The van der Waals surface area contributed by atoms with Crippen LogP contribution in [0.15, 0.2) is 30.3 Å². The third-order valence-electron chi connectivity index (χ3n) is 2.61. The molecule has 2 N–H and O–H groups in total. The van der Waals surface area contributed by atoms with Crippen molar-refractivity contribution in [2.45, 2.75) is 31.8 Å². The van der Waals surface area contributed by atoms with E-state index >= 15 is 0 Å². The van der Waals surface area contributed by atoms with Gasteiger partial charge in [-0.25, -0.2) is 0 Å². The number of benzene rings is 1. The molecular weight excluding hydrogens is 190 g/mol. The molecule has 1 fully saturated rings. The molecule has 0 saturated carbocycles. The molecule has 1 heterocycles. The Bertz CT molecular complexity index is 289. The molecule has 3 heteroatoms. The highest BCUT2D eigenvalue weighted by molar-refractivity contribution is 5.13. The molecule has 82 valence electrons. The van der Waals surface area contributed by atoms with E-state index in [0.29, 0.717) is 13.2 Å². The number of hydrogen-bond donors (Lipinski definition) is 1. The Labute approximate surface area is 90.2 Å². The molecule has 1 aliphatic heterocycles. The average molecular weight is 207 g/mol. The van der Waals surface area contributed by atoms with Crippen LogP contribution in [0.1, 0.15) is 18.4 Å². The molecule has 0 aliphatic carbocycles. The van der Waals surface area contributed by atoms with Gasteiger partial charge in [0.1, 0.15) is 0 Å². The molecule has 0 radical (unpaired) electrons. The standard InChI is InChI=1S/C12H17NO2/c13-8-11-6-7-12(15-11)14-9-10-4-2-1-3-5-10/h1-5,11-12H,6-9,13H2. The third-order valence-corrected chi connectivity index (χ3v) is 2.61. The number of nitrogens with two attached hydrogens (primary N) is 1. The van der Waals surface area contributed by atoms with Crippen molar-refractivity contribution in [3.63, 3.8) is 0 Å². The Balaban J connectivity index is 1.75. The van der Waals surface area contributed by atoms with E-state index in [-0.39, 0.29) is 12.4 Å². The molecule has 3 nitrogen and oxygen atoms in total. The quantitative estimate of drug-likeness (QED) is 0.816. The second kappa shape index (κ2) is 5.26. The van der Waals surface area contributed by atoms with Gasteiger partial charge in [0.25, 0.3) is 0 Å². The molecule has 15 heavy (non-hydrogen) atoms. The van der Waals surface area contributed by atoms with E-state index in [1.165, 1.54) is 5.56 Å². The van der Waals surface area contributed by atoms with Crippen LogP contribution in [0.2, 0.25) is 0 Å². The minimum atomic E-state index is -0.0706. The third kappa shape index (κ3) is 3.02. The lowest BCUT2D eigenvalue weighted by molar-refractivity contribution is -0.138. The lowest BCUT2D eigenvalue weighted by atomic mass is 10.2. The van der Waals surface area contributed by atoms with E-state index in [2.05, 4.69) is 12.1 Å². The van der Waals surface area contributed by atoms with Gasteiger partial charge >= 0.3 is 0 Å². The topological polar surface area (TPSA) is 44.5 Å². The molecule has 1 aromatic rings. The van der Waals surface area contributed by atoms with Gasteiger partial charge in [0.15, 0.2) is 6.29 Å². The minimum absolute atomic E-state index is 0.0706. The summed E-state index contributed by atoms with van der Waals surface area (Å²) in [4.78, 5) is 0. The fraction of sp³-hybridized carbons (Fsp3) is 0.500. The van der Waals surface area contributed by atoms with E-state index in [1.54, 1.807) is 0 Å². The highest BCUT2D eigenvalue weighted by atomic mass is 16.7. The van der Waals surface area contributed by atoms with Crippen LogP contribution in [0.25, 0.3) is 0 Å². The monoisotopic (exact) mass is 207 g/mol. The van der Waals surface area contributed by atoms with Crippen molar-refractivity contribution in [3.8, 4) is 0 Å². The molecule has 0 aromatic heterocycles. The molecule has 2 unspecified atom stereocenters. The number of rotatable bonds is 4. The zero-order chi connectivity index (χ0) is 10.5. The summed E-state index contributed by atoms with van der Waals surface area (Å²) in [7, 11) is 0. The van der Waals surface area contributed by atoms with Gasteiger partial charge in [0.05, 0.1) is 12.7 Å². The maximum absolute atomic E-state index is 5.64. The van der Waals surface area contributed by atoms with Crippen molar-refractivity contribution in [3.05, 3.63) is 35.9 Å². The lowest BCUT2D eigenvalue weighted by Gasteiger charge is -2.13. The second-order valence-corrected chi connectivity index (χ2v) is 3.80. The molecule has 0 spiro atoms. The Morgan fingerprint density at radius 3 is 2.73 bits per heavy atom. The first-order valence-corrected chi connectivity index (χ1v) is 5.39. The van der Waals surface area contributed by atoms with E-state index in [9.17, 15) is 0 Å². The minimum Gasteiger partial charge on any atom is -0.348 e. The molecule has 1 aliphatic rings. The first-order valence-electron chi connectivity index (χ1n) is 5.39. The summed E-state index contributed by atoms with van der Waals surface area (Å²) >= 11 is 0. The van der Waals surface area contributed by atoms with Crippen molar-refractivity contribution in [1.29, 1.82) is 0 Å². The first kappa shape index (κ1) is 10.6. The van der Waals surface area contributed by atoms with Gasteiger partial charge in [-0.15, -0.1) is 0 Å². The summed E-state index contributed by atoms with van der Waals surface area (Å²) in [6.45, 7) is 1.20. The lowest BCUT2D eigenvalue weighted by Crippen LogP contribution is -2.21. The van der Waals surface area contributed by atoms with Crippen LogP contribution < -0.4 is 5.73 Å². The molecule has 2 rings (SSSR count). The van der Waals surface area contributed by atoms with Gasteiger partial charge in [-0.05, 0) is 12.0 Å². The highest BCUT2D eigenvalue weighted by Gasteiger charge is 2.24. The van der Waals surface area contributed by atoms with E-state index in [1.807, 2.05) is 18.2 Å². The Kier molecular flexibility index (Phi) is 3.72. The fourth-order valence-corrected chi connectivity index (χ4v) is 1.73. The molecule has 2 atom stereocenters. The summed E-state index contributed by atoms with van der Waals surface area (Å²) in [5.41, 5.74) is 6.70. The van der Waals surface area contributed by atoms with Crippen LogP contribution in [-0.4, -0.2) is 18.9 Å². The Morgan fingerprint density at radius 1 is 1.27 bits per heavy atom. The molecule has 0 amide bonds. The predicted octanol–water partition coefficient (Wildman–Crippen LogP) is 1.67. The second-order valence-electron chi connectivity index (χ2n) is 3.80. The summed E-state index contributed by atoms with van der Waals surface area (Å²) in [5.74, 6) is 0. The van der Waals surface area contributed by atoms with Gasteiger partial charge in [-0.1, -0.05) is 30.3 Å². The van der Waals surface area contributed by atoms with E-state index < -0.39 is 0 Å². The largest absolute Gasteiger partial charge is 0.348 e.